The quantitative estimate of drug-likeness (QED) is 0.0169. The topological polar surface area (TPSA) is 189 Å². The molecule has 0 bridgehead atoms. The van der Waals surface area contributed by atoms with Crippen LogP contribution >= 0.6 is 7.82 Å². The highest BCUT2D eigenvalue weighted by molar-refractivity contribution is 7.47. The normalized spacial score (nSPS) is 15.3. The lowest BCUT2D eigenvalue weighted by Gasteiger charge is -2.20. The number of unbranched alkanes of at least 4 members (excludes halogenated alkanes) is 15. The van der Waals surface area contributed by atoms with Gasteiger partial charge >= 0.3 is 19.8 Å². The lowest BCUT2D eigenvalue weighted by atomic mass is 10.0. The Balaban J connectivity index is 4.44. The van der Waals surface area contributed by atoms with E-state index in [0.717, 1.165) is 44.4 Å². The van der Waals surface area contributed by atoms with Crippen molar-refractivity contribution in [3.05, 3.63) is 48.6 Å². The minimum absolute atomic E-state index is 0.131. The Morgan fingerprint density at radius 3 is 1.52 bits per heavy atom. The molecule has 0 aromatic heterocycles. The van der Waals surface area contributed by atoms with Gasteiger partial charge in [0.25, 0.3) is 0 Å². The van der Waals surface area contributed by atoms with E-state index >= 15 is 0 Å². The standard InChI is InChI=1S/C48H87O12P/c1-4-5-6-7-8-9-10-18-21-24-27-30-34-45(51)46(52)35-32-37-48(54)60-44(41-59-61(55,56)58-39-43(50)38-49)40-57-47(53)36-31-28-25-22-19-16-14-12-11-13-15-17-20-23-26-29-33-42(2)3/h5-6,8-9,18,21,27,30,42-46,49-52H,4,7,10-17,19-20,22-26,28-29,31-41H2,1-3H3,(H,55,56)/b6-5-,9-8-,21-18-,30-27-/t43-,44+,45+,46+/m0/s1. The summed E-state index contributed by atoms with van der Waals surface area (Å²) in [6.07, 6.45) is 36.8. The fourth-order valence-corrected chi connectivity index (χ4v) is 7.17. The Labute approximate surface area is 369 Å². The number of carbonyl (C=O) groups excluding carboxylic acids is 2. The maximum Gasteiger partial charge on any atom is 0.472 e. The molecule has 0 aromatic carbocycles. The number of allylic oxidation sites excluding steroid dienone is 7. The van der Waals surface area contributed by atoms with Gasteiger partial charge in [-0.25, -0.2) is 4.57 Å². The third kappa shape index (κ3) is 41.6. The van der Waals surface area contributed by atoms with Crippen LogP contribution in [0, 0.1) is 5.92 Å². The number of phosphoric ester groups is 1. The van der Waals surface area contributed by atoms with Gasteiger partial charge in [0.15, 0.2) is 6.10 Å². The van der Waals surface area contributed by atoms with Crippen LogP contribution in [0.1, 0.15) is 188 Å². The maximum absolute atomic E-state index is 12.7. The number of hydrogen-bond donors (Lipinski definition) is 5. The second-order valence-electron chi connectivity index (χ2n) is 16.5. The molecular weight excluding hydrogens is 799 g/mol. The number of phosphoric acid groups is 1. The summed E-state index contributed by atoms with van der Waals surface area (Å²) in [6.45, 7) is 4.28. The SMILES string of the molecule is CC/C=C\C/C=C\C/C=C\C/C=C\C[C@@H](O)[C@H](O)CCCC(=O)O[C@H](COC(=O)CCCCCCCCCCCCCCCCCCC(C)C)COP(=O)(O)OC[C@@H](O)CO. The number of hydrogen-bond acceptors (Lipinski definition) is 11. The zero-order valence-corrected chi connectivity index (χ0v) is 39.2. The number of rotatable bonds is 43. The zero-order valence-electron chi connectivity index (χ0n) is 38.3. The summed E-state index contributed by atoms with van der Waals surface area (Å²) in [7, 11) is -4.70. The lowest BCUT2D eigenvalue weighted by molar-refractivity contribution is -0.161. The summed E-state index contributed by atoms with van der Waals surface area (Å²) in [5.41, 5.74) is 0. The van der Waals surface area contributed by atoms with Gasteiger partial charge in [0.05, 0.1) is 32.0 Å². The minimum Gasteiger partial charge on any atom is -0.462 e. The number of carbonyl (C=O) groups is 2. The van der Waals surface area contributed by atoms with E-state index in [2.05, 4.69) is 55.7 Å². The first-order valence-electron chi connectivity index (χ1n) is 23.6. The van der Waals surface area contributed by atoms with E-state index in [1.54, 1.807) is 6.08 Å². The first kappa shape index (κ1) is 58.9. The molecule has 0 spiro atoms. The number of ether oxygens (including phenoxy) is 2. The molecule has 0 aliphatic carbocycles. The summed E-state index contributed by atoms with van der Waals surface area (Å²) < 4.78 is 32.6. The molecule has 356 valence electrons. The fraction of sp³-hybridized carbons (Fsp3) is 0.792. The van der Waals surface area contributed by atoms with Gasteiger partial charge in [-0.05, 0) is 57.3 Å². The molecule has 12 nitrogen and oxygen atoms in total. The van der Waals surface area contributed by atoms with Crippen LogP contribution < -0.4 is 0 Å². The van der Waals surface area contributed by atoms with Crippen molar-refractivity contribution in [1.29, 1.82) is 0 Å². The fourth-order valence-electron chi connectivity index (χ4n) is 6.38. The summed E-state index contributed by atoms with van der Waals surface area (Å²) in [6, 6.07) is 0. The zero-order chi connectivity index (χ0) is 45.2. The van der Waals surface area contributed by atoms with Gasteiger partial charge < -0.3 is 34.8 Å². The largest absolute Gasteiger partial charge is 0.472 e. The van der Waals surface area contributed by atoms with Crippen LogP contribution in [0.25, 0.3) is 0 Å². The molecule has 1 unspecified atom stereocenters. The van der Waals surface area contributed by atoms with Crippen LogP contribution in [-0.4, -0.2) is 88.1 Å². The maximum atomic E-state index is 12.7. The van der Waals surface area contributed by atoms with Crippen LogP contribution in [0.3, 0.4) is 0 Å². The monoisotopic (exact) mass is 887 g/mol. The second-order valence-corrected chi connectivity index (χ2v) is 18.0. The summed E-state index contributed by atoms with van der Waals surface area (Å²) in [4.78, 5) is 35.1. The van der Waals surface area contributed by atoms with Crippen LogP contribution in [-0.2, 0) is 32.7 Å². The van der Waals surface area contributed by atoms with Crippen LogP contribution in [0.4, 0.5) is 0 Å². The van der Waals surface area contributed by atoms with Gasteiger partial charge in [-0.2, -0.15) is 0 Å². The van der Waals surface area contributed by atoms with Gasteiger partial charge in [0.1, 0.15) is 12.7 Å². The highest BCUT2D eigenvalue weighted by Crippen LogP contribution is 2.43. The molecule has 0 amide bonds. The molecule has 0 heterocycles. The van der Waals surface area contributed by atoms with Gasteiger partial charge in [0, 0.05) is 12.8 Å². The summed E-state index contributed by atoms with van der Waals surface area (Å²) >= 11 is 0. The third-order valence-electron chi connectivity index (χ3n) is 10.1. The van der Waals surface area contributed by atoms with Crippen molar-refractivity contribution in [2.24, 2.45) is 5.92 Å². The highest BCUT2D eigenvalue weighted by atomic mass is 31.2. The van der Waals surface area contributed by atoms with Gasteiger partial charge in [0.2, 0.25) is 0 Å². The molecule has 0 radical (unpaired) electrons. The first-order chi connectivity index (χ1) is 29.4. The van der Waals surface area contributed by atoms with Crippen molar-refractivity contribution < 1.29 is 58.0 Å². The number of aliphatic hydroxyl groups is 4. The van der Waals surface area contributed by atoms with E-state index in [0.29, 0.717) is 12.8 Å². The van der Waals surface area contributed by atoms with E-state index in [4.69, 9.17) is 19.1 Å². The van der Waals surface area contributed by atoms with Crippen molar-refractivity contribution in [1.82, 2.24) is 0 Å². The predicted molar refractivity (Wildman–Crippen MR) is 245 cm³/mol. The van der Waals surface area contributed by atoms with Crippen molar-refractivity contribution >= 4 is 19.8 Å². The molecule has 0 fully saturated rings. The molecule has 0 aliphatic rings. The van der Waals surface area contributed by atoms with E-state index in [-0.39, 0.29) is 32.1 Å². The molecule has 0 saturated carbocycles. The van der Waals surface area contributed by atoms with E-state index < -0.39 is 70.6 Å². The van der Waals surface area contributed by atoms with Gasteiger partial charge in [-0.15, -0.1) is 0 Å². The molecule has 5 atom stereocenters. The number of esters is 2. The van der Waals surface area contributed by atoms with Crippen molar-refractivity contribution in [3.63, 3.8) is 0 Å². The molecule has 0 rings (SSSR count). The average Bonchev–Trinajstić information content (AvgIpc) is 3.23. The van der Waals surface area contributed by atoms with Crippen LogP contribution in [0.15, 0.2) is 48.6 Å². The molecule has 61 heavy (non-hydrogen) atoms. The molecular formula is C48H87O12P. The minimum atomic E-state index is -4.70. The first-order valence-corrected chi connectivity index (χ1v) is 25.1. The average molecular weight is 887 g/mol. The Hall–Kier alpha value is -2.15. The molecule has 0 saturated heterocycles. The molecule has 0 aromatic rings. The molecule has 5 N–H and O–H groups in total. The smallest absolute Gasteiger partial charge is 0.462 e. The van der Waals surface area contributed by atoms with Gasteiger partial charge in [-0.1, -0.05) is 172 Å². The van der Waals surface area contributed by atoms with Crippen molar-refractivity contribution in [2.75, 3.05) is 26.4 Å². The van der Waals surface area contributed by atoms with Crippen LogP contribution in [0.2, 0.25) is 0 Å². The summed E-state index contributed by atoms with van der Waals surface area (Å²) in [5, 5.41) is 39.1. The molecule has 13 heteroatoms. The predicted octanol–water partition coefficient (Wildman–Crippen LogP) is 10.7. The highest BCUT2D eigenvalue weighted by Gasteiger charge is 2.27. The van der Waals surface area contributed by atoms with Crippen molar-refractivity contribution in [2.45, 2.75) is 212 Å². The van der Waals surface area contributed by atoms with Gasteiger partial charge in [-0.3, -0.25) is 18.6 Å². The summed E-state index contributed by atoms with van der Waals surface area (Å²) in [5.74, 6) is -0.385. The lowest BCUT2D eigenvalue weighted by Crippen LogP contribution is -2.30. The van der Waals surface area contributed by atoms with Crippen molar-refractivity contribution in [3.8, 4) is 0 Å². The number of aliphatic hydroxyl groups excluding tert-OH is 4. The van der Waals surface area contributed by atoms with E-state index in [1.165, 1.54) is 83.5 Å². The third-order valence-corrected chi connectivity index (χ3v) is 11.1. The van der Waals surface area contributed by atoms with Crippen LogP contribution in [0.5, 0.6) is 0 Å². The second kappa shape index (κ2) is 41.8. The Morgan fingerprint density at radius 1 is 0.557 bits per heavy atom. The van der Waals surface area contributed by atoms with E-state index in [9.17, 15) is 34.4 Å². The Bertz CT molecular complexity index is 1200. The Morgan fingerprint density at radius 2 is 1.02 bits per heavy atom. The molecule has 0 aliphatic heterocycles. The Kier molecular flexibility index (Phi) is 40.4. The van der Waals surface area contributed by atoms with E-state index in [1.807, 2.05) is 12.2 Å².